The van der Waals surface area contributed by atoms with E-state index >= 15 is 0 Å². The monoisotopic (exact) mass is 531 g/mol. The number of rotatable bonds is 6. The number of aliphatic hydroxyl groups is 1. The lowest BCUT2D eigenvalue weighted by atomic mass is 9.76. The number of benzene rings is 4. The Hall–Kier alpha value is -3.72. The first kappa shape index (κ1) is 25.9. The summed E-state index contributed by atoms with van der Waals surface area (Å²) in [7, 11) is 0. The molecule has 4 aromatic rings. The Morgan fingerprint density at radius 1 is 0.737 bits per heavy atom. The van der Waals surface area contributed by atoms with Crippen LogP contribution < -0.4 is 5.32 Å². The molecule has 1 aliphatic carbocycles. The molecule has 1 aliphatic rings. The Kier molecular flexibility index (Phi) is 6.96. The lowest BCUT2D eigenvalue weighted by Crippen LogP contribution is -2.43. The van der Waals surface area contributed by atoms with Crippen molar-refractivity contribution in [3.63, 3.8) is 0 Å². The average molecular weight is 532 g/mol. The molecule has 0 unspecified atom stereocenters. The maximum Gasteiger partial charge on any atom is 0.433 e. The molecule has 1 fully saturated rings. The van der Waals surface area contributed by atoms with E-state index in [1.807, 2.05) is 91.0 Å². The van der Waals surface area contributed by atoms with Gasteiger partial charge < -0.3 is 10.4 Å². The zero-order chi connectivity index (χ0) is 26.8. The van der Waals surface area contributed by atoms with Gasteiger partial charge in [0.05, 0.1) is 0 Å². The topological polar surface area (TPSA) is 32.3 Å². The molecule has 5 rings (SSSR count). The van der Waals surface area contributed by atoms with E-state index in [-0.39, 0.29) is 16.6 Å². The molecule has 0 aromatic heterocycles. The van der Waals surface area contributed by atoms with Crippen LogP contribution >= 0.6 is 11.6 Å². The van der Waals surface area contributed by atoms with Gasteiger partial charge in [0.15, 0.2) is 0 Å². The highest BCUT2D eigenvalue weighted by molar-refractivity contribution is 6.30. The fourth-order valence-corrected chi connectivity index (χ4v) is 4.80. The molecular formula is C32H25ClF3NO. The molecule has 0 saturated heterocycles. The van der Waals surface area contributed by atoms with Crippen LogP contribution in [0.3, 0.4) is 0 Å². The molecule has 4 aromatic carbocycles. The molecule has 0 radical (unpaired) electrons. The van der Waals surface area contributed by atoms with Crippen LogP contribution in [-0.2, 0) is 11.1 Å². The third-order valence-electron chi connectivity index (χ3n) is 6.76. The highest BCUT2D eigenvalue weighted by Crippen LogP contribution is 2.46. The Bertz CT molecular complexity index is 1360. The van der Waals surface area contributed by atoms with Crippen molar-refractivity contribution in [1.29, 1.82) is 0 Å². The number of alkyl halides is 3. The molecule has 1 saturated carbocycles. The van der Waals surface area contributed by atoms with Gasteiger partial charge in [0, 0.05) is 22.2 Å². The zero-order valence-corrected chi connectivity index (χ0v) is 21.1. The molecule has 0 spiro atoms. The Morgan fingerprint density at radius 3 is 1.63 bits per heavy atom. The SMILES string of the molecule is O[C@@](C#CC1CC1)(c1cc(Cl)ccc1NC(c1ccccc1)(c1ccccc1)c1ccccc1)C(F)(F)F. The summed E-state index contributed by atoms with van der Waals surface area (Å²) in [4.78, 5) is 0. The maximum atomic E-state index is 14.6. The van der Waals surface area contributed by atoms with E-state index in [4.69, 9.17) is 11.6 Å². The van der Waals surface area contributed by atoms with E-state index in [9.17, 15) is 18.3 Å². The van der Waals surface area contributed by atoms with Crippen LogP contribution in [0.4, 0.5) is 18.9 Å². The normalized spacial score (nSPS) is 15.2. The molecule has 0 amide bonds. The molecule has 2 N–H and O–H groups in total. The minimum Gasteiger partial charge on any atom is -0.368 e. The van der Waals surface area contributed by atoms with Crippen LogP contribution in [0.2, 0.25) is 5.02 Å². The van der Waals surface area contributed by atoms with Gasteiger partial charge >= 0.3 is 6.18 Å². The molecule has 38 heavy (non-hydrogen) atoms. The Labute approximate surface area is 225 Å². The lowest BCUT2D eigenvalue weighted by molar-refractivity contribution is -0.240. The second-order valence-corrected chi connectivity index (χ2v) is 9.85. The van der Waals surface area contributed by atoms with E-state index in [1.54, 1.807) is 0 Å². The van der Waals surface area contributed by atoms with Crippen LogP contribution in [0.25, 0.3) is 0 Å². The first-order valence-electron chi connectivity index (χ1n) is 12.3. The summed E-state index contributed by atoms with van der Waals surface area (Å²) in [5, 5.41) is 14.7. The number of halogens is 4. The standard InChI is InChI=1S/C32H25ClF3NO/c33-27-18-19-29(28(22-27)30(38,32(34,35)36)21-20-23-16-17-23)37-31(24-10-4-1-5-11-24,25-12-6-2-7-13-25)26-14-8-3-9-15-26/h1-15,18-19,22-23,37-38H,16-17H2/t30-/m0/s1. The summed E-state index contributed by atoms with van der Waals surface area (Å²) in [5.74, 6) is 4.64. The average Bonchev–Trinajstić information content (AvgIpc) is 3.77. The predicted octanol–water partition coefficient (Wildman–Crippen LogP) is 7.91. The van der Waals surface area contributed by atoms with Crippen LogP contribution in [-0.4, -0.2) is 11.3 Å². The van der Waals surface area contributed by atoms with Crippen LogP contribution in [0.5, 0.6) is 0 Å². The van der Waals surface area contributed by atoms with Gasteiger partial charge in [-0.2, -0.15) is 13.2 Å². The minimum absolute atomic E-state index is 0.0613. The summed E-state index contributed by atoms with van der Waals surface area (Å²) >= 11 is 6.22. The number of nitrogens with one attached hydrogen (secondary N) is 1. The van der Waals surface area contributed by atoms with Gasteiger partial charge in [-0.1, -0.05) is 114 Å². The second-order valence-electron chi connectivity index (χ2n) is 9.41. The van der Waals surface area contributed by atoms with Crippen molar-refractivity contribution in [2.24, 2.45) is 5.92 Å². The predicted molar refractivity (Wildman–Crippen MR) is 145 cm³/mol. The van der Waals surface area contributed by atoms with E-state index < -0.39 is 22.9 Å². The lowest BCUT2D eigenvalue weighted by Gasteiger charge is -2.39. The maximum absolute atomic E-state index is 14.6. The first-order valence-corrected chi connectivity index (χ1v) is 12.7. The highest BCUT2D eigenvalue weighted by atomic mass is 35.5. The van der Waals surface area contributed by atoms with Crippen molar-refractivity contribution in [2.75, 3.05) is 5.32 Å². The van der Waals surface area contributed by atoms with E-state index in [0.717, 1.165) is 35.6 Å². The summed E-state index contributed by atoms with van der Waals surface area (Å²) in [5.41, 5.74) is -2.50. The molecule has 0 aliphatic heterocycles. The second kappa shape index (κ2) is 10.2. The first-order chi connectivity index (χ1) is 18.2. The summed E-state index contributed by atoms with van der Waals surface area (Å²) < 4.78 is 43.7. The fraction of sp³-hybridized carbons (Fsp3) is 0.188. The van der Waals surface area contributed by atoms with Crippen LogP contribution in [0.1, 0.15) is 35.1 Å². The van der Waals surface area contributed by atoms with Gasteiger partial charge in [0.25, 0.3) is 0 Å². The zero-order valence-electron chi connectivity index (χ0n) is 20.3. The fourth-order valence-electron chi connectivity index (χ4n) is 4.63. The molecule has 2 nitrogen and oxygen atoms in total. The highest BCUT2D eigenvalue weighted by Gasteiger charge is 2.56. The van der Waals surface area contributed by atoms with Gasteiger partial charge in [0.1, 0.15) is 5.54 Å². The van der Waals surface area contributed by atoms with Gasteiger partial charge in [0.2, 0.25) is 5.60 Å². The van der Waals surface area contributed by atoms with Crippen LogP contribution in [0.15, 0.2) is 109 Å². The van der Waals surface area contributed by atoms with Crippen LogP contribution in [0, 0.1) is 17.8 Å². The minimum atomic E-state index is -5.06. The number of hydrogen-bond acceptors (Lipinski definition) is 2. The molecule has 1 atom stereocenters. The number of anilines is 1. The van der Waals surface area contributed by atoms with Gasteiger partial charge in [-0.15, -0.1) is 0 Å². The third kappa shape index (κ3) is 4.90. The smallest absolute Gasteiger partial charge is 0.368 e. The third-order valence-corrected chi connectivity index (χ3v) is 6.99. The van der Waals surface area contributed by atoms with Gasteiger partial charge in [-0.3, -0.25) is 0 Å². The van der Waals surface area contributed by atoms with Crippen molar-refractivity contribution < 1.29 is 18.3 Å². The quantitative estimate of drug-likeness (QED) is 0.196. The molecular weight excluding hydrogens is 507 g/mol. The van der Waals surface area contributed by atoms with Crippen molar-refractivity contribution in [1.82, 2.24) is 0 Å². The molecule has 192 valence electrons. The molecule has 6 heteroatoms. The Balaban J connectivity index is 1.79. The summed E-state index contributed by atoms with van der Waals surface area (Å²) in [6.07, 6.45) is -3.62. The number of hydrogen-bond donors (Lipinski definition) is 2. The molecule has 0 bridgehead atoms. The Morgan fingerprint density at radius 2 is 1.21 bits per heavy atom. The van der Waals surface area contributed by atoms with Crippen molar-refractivity contribution in [3.8, 4) is 11.8 Å². The van der Waals surface area contributed by atoms with Crippen molar-refractivity contribution in [3.05, 3.63) is 136 Å². The van der Waals surface area contributed by atoms with E-state index in [2.05, 4.69) is 17.2 Å². The largest absolute Gasteiger partial charge is 0.433 e. The van der Waals surface area contributed by atoms with Gasteiger partial charge in [-0.25, -0.2) is 0 Å². The van der Waals surface area contributed by atoms with E-state index in [0.29, 0.717) is 0 Å². The van der Waals surface area contributed by atoms with Crippen molar-refractivity contribution in [2.45, 2.75) is 30.2 Å². The molecule has 0 heterocycles. The summed E-state index contributed by atoms with van der Waals surface area (Å²) in [6.45, 7) is 0. The summed E-state index contributed by atoms with van der Waals surface area (Å²) in [6, 6.07) is 32.6. The van der Waals surface area contributed by atoms with E-state index in [1.165, 1.54) is 12.1 Å². The van der Waals surface area contributed by atoms with Crippen molar-refractivity contribution >= 4 is 17.3 Å². The van der Waals surface area contributed by atoms with Gasteiger partial charge in [-0.05, 0) is 47.7 Å².